The highest BCUT2D eigenvalue weighted by Gasteiger charge is 2.28. The lowest BCUT2D eigenvalue weighted by molar-refractivity contribution is -0.141. The van der Waals surface area contributed by atoms with Gasteiger partial charge < -0.3 is 15.0 Å². The number of carbonyl (C=O) groups is 1. The van der Waals surface area contributed by atoms with E-state index in [1.807, 2.05) is 11.5 Å². The molecule has 0 saturated heterocycles. The number of hydrogen-bond donors (Lipinski definition) is 1. The van der Waals surface area contributed by atoms with Crippen LogP contribution in [-0.4, -0.2) is 32.1 Å². The molecular formula is C14H16ClN5O2. The molecule has 2 aromatic heterocycles. The number of anilines is 1. The Kier molecular flexibility index (Phi) is 3.74. The van der Waals surface area contributed by atoms with Crippen LogP contribution in [-0.2, 0) is 9.53 Å². The molecule has 1 aliphatic rings. The fourth-order valence-electron chi connectivity index (χ4n) is 2.85. The van der Waals surface area contributed by atoms with Gasteiger partial charge in [-0.1, -0.05) is 23.3 Å². The Morgan fingerprint density at radius 2 is 2.32 bits per heavy atom. The van der Waals surface area contributed by atoms with Crippen molar-refractivity contribution in [1.82, 2.24) is 19.5 Å². The molecule has 0 unspecified atom stereocenters. The van der Waals surface area contributed by atoms with E-state index in [0.717, 1.165) is 6.42 Å². The second-order valence-electron chi connectivity index (χ2n) is 5.42. The lowest BCUT2D eigenvalue weighted by Gasteiger charge is -2.17. The number of nitrogens with zero attached hydrogens (tertiary/aromatic N) is 4. The van der Waals surface area contributed by atoms with Crippen molar-refractivity contribution in [2.75, 3.05) is 12.3 Å². The number of nitrogens with two attached hydrogens (primary N) is 1. The van der Waals surface area contributed by atoms with Gasteiger partial charge in [0.15, 0.2) is 10.8 Å². The standard InChI is InChI=1S/C14H16ClN5O2/c1-7-3-9(5-22-8(2)21)4-10(7)20-6-17-13-11(20)12(15)18-14(16)19-13/h3,6,9-10H,4-5H2,1-2H3,(H2,16,18,19)/t9-,10-/m1/s1. The fraction of sp³-hybridized carbons (Fsp3) is 0.429. The third-order valence-corrected chi connectivity index (χ3v) is 4.05. The van der Waals surface area contributed by atoms with Gasteiger partial charge >= 0.3 is 5.97 Å². The van der Waals surface area contributed by atoms with E-state index < -0.39 is 0 Å². The van der Waals surface area contributed by atoms with E-state index in [4.69, 9.17) is 22.1 Å². The lowest BCUT2D eigenvalue weighted by atomic mass is 10.1. The van der Waals surface area contributed by atoms with E-state index in [0.29, 0.717) is 17.8 Å². The van der Waals surface area contributed by atoms with Crippen molar-refractivity contribution in [3.63, 3.8) is 0 Å². The number of ether oxygens (including phenoxy) is 1. The number of imidazole rings is 1. The lowest BCUT2D eigenvalue weighted by Crippen LogP contribution is -2.12. The van der Waals surface area contributed by atoms with Crippen LogP contribution in [0.1, 0.15) is 26.3 Å². The van der Waals surface area contributed by atoms with Crippen molar-refractivity contribution in [1.29, 1.82) is 0 Å². The summed E-state index contributed by atoms with van der Waals surface area (Å²) in [4.78, 5) is 23.3. The highest BCUT2D eigenvalue weighted by atomic mass is 35.5. The first-order valence-corrected chi connectivity index (χ1v) is 7.30. The van der Waals surface area contributed by atoms with Crippen LogP contribution in [0.25, 0.3) is 11.2 Å². The molecule has 2 N–H and O–H groups in total. The van der Waals surface area contributed by atoms with Crippen LogP contribution < -0.4 is 5.73 Å². The third-order valence-electron chi connectivity index (χ3n) is 3.79. The highest BCUT2D eigenvalue weighted by Crippen LogP contribution is 2.37. The van der Waals surface area contributed by atoms with Gasteiger partial charge in [0.05, 0.1) is 19.0 Å². The number of fused-ring (bicyclic) bond motifs is 1. The largest absolute Gasteiger partial charge is 0.465 e. The van der Waals surface area contributed by atoms with Crippen molar-refractivity contribution in [3.05, 3.63) is 23.1 Å². The molecule has 0 spiro atoms. The molecule has 2 atom stereocenters. The summed E-state index contributed by atoms with van der Waals surface area (Å²) in [6.07, 6.45) is 4.62. The normalized spacial score (nSPS) is 21.1. The van der Waals surface area contributed by atoms with Gasteiger partial charge in [-0.05, 0) is 13.3 Å². The highest BCUT2D eigenvalue weighted by molar-refractivity contribution is 6.33. The SMILES string of the molecule is CC(=O)OC[C@@H]1C=C(C)[C@H](n2cnc3nc(N)nc(Cl)c32)C1. The molecular weight excluding hydrogens is 306 g/mol. The first kappa shape index (κ1) is 14.8. The van der Waals surface area contributed by atoms with E-state index in [1.54, 1.807) is 6.33 Å². The number of hydrogen-bond acceptors (Lipinski definition) is 6. The van der Waals surface area contributed by atoms with Crippen molar-refractivity contribution in [2.45, 2.75) is 26.3 Å². The molecule has 116 valence electrons. The van der Waals surface area contributed by atoms with Gasteiger partial charge in [-0.15, -0.1) is 0 Å². The maximum atomic E-state index is 10.9. The van der Waals surface area contributed by atoms with Gasteiger partial charge in [-0.2, -0.15) is 9.97 Å². The number of halogens is 1. The van der Waals surface area contributed by atoms with Gasteiger partial charge in [-0.25, -0.2) is 4.98 Å². The van der Waals surface area contributed by atoms with E-state index >= 15 is 0 Å². The molecule has 8 heteroatoms. The second kappa shape index (κ2) is 5.57. The molecule has 7 nitrogen and oxygen atoms in total. The van der Waals surface area contributed by atoms with Crippen molar-refractivity contribution >= 4 is 34.7 Å². The molecule has 0 aliphatic heterocycles. The molecule has 0 saturated carbocycles. The van der Waals surface area contributed by atoms with Crippen LogP contribution in [0.15, 0.2) is 18.0 Å². The summed E-state index contributed by atoms with van der Waals surface area (Å²) in [5.41, 5.74) is 7.91. The Labute approximate surface area is 132 Å². The quantitative estimate of drug-likeness (QED) is 0.528. The smallest absolute Gasteiger partial charge is 0.302 e. The maximum absolute atomic E-state index is 10.9. The summed E-state index contributed by atoms with van der Waals surface area (Å²) < 4.78 is 7.05. The van der Waals surface area contributed by atoms with E-state index in [1.165, 1.54) is 12.5 Å². The minimum Gasteiger partial charge on any atom is -0.465 e. The van der Waals surface area contributed by atoms with Crippen molar-refractivity contribution < 1.29 is 9.53 Å². The minimum absolute atomic E-state index is 0.0929. The molecule has 3 rings (SSSR count). The molecule has 0 aromatic carbocycles. The van der Waals surface area contributed by atoms with Gasteiger partial charge in [0, 0.05) is 12.8 Å². The number of rotatable bonds is 3. The molecule has 0 radical (unpaired) electrons. The molecule has 2 aromatic rings. The van der Waals surface area contributed by atoms with Crippen LogP contribution in [0.5, 0.6) is 0 Å². The predicted octanol–water partition coefficient (Wildman–Crippen LogP) is 2.13. The van der Waals surface area contributed by atoms with Crippen molar-refractivity contribution in [2.24, 2.45) is 5.92 Å². The summed E-state index contributed by atoms with van der Waals surface area (Å²) in [5, 5.41) is 0.288. The zero-order valence-corrected chi connectivity index (χ0v) is 13.0. The van der Waals surface area contributed by atoms with E-state index in [2.05, 4.69) is 21.0 Å². The van der Waals surface area contributed by atoms with E-state index in [9.17, 15) is 4.79 Å². The molecule has 1 aliphatic carbocycles. The topological polar surface area (TPSA) is 95.9 Å². The van der Waals surface area contributed by atoms with Gasteiger partial charge in [0.1, 0.15) is 5.52 Å². The van der Waals surface area contributed by atoms with Crippen LogP contribution in [0.4, 0.5) is 5.95 Å². The Balaban J connectivity index is 1.89. The van der Waals surface area contributed by atoms with Crippen LogP contribution >= 0.6 is 11.6 Å². The third kappa shape index (κ3) is 2.64. The van der Waals surface area contributed by atoms with Gasteiger partial charge in [0.25, 0.3) is 0 Å². The zero-order chi connectivity index (χ0) is 15.9. The summed E-state index contributed by atoms with van der Waals surface area (Å²) in [6, 6.07) is 0.0929. The number of esters is 1. The number of carbonyl (C=O) groups excluding carboxylic acids is 1. The van der Waals surface area contributed by atoms with Crippen LogP contribution in [0, 0.1) is 5.92 Å². The second-order valence-corrected chi connectivity index (χ2v) is 5.78. The predicted molar refractivity (Wildman–Crippen MR) is 82.3 cm³/mol. The summed E-state index contributed by atoms with van der Waals surface area (Å²) in [7, 11) is 0. The van der Waals surface area contributed by atoms with Gasteiger partial charge in [0.2, 0.25) is 5.95 Å². The Hall–Kier alpha value is -2.15. The van der Waals surface area contributed by atoms with Gasteiger partial charge in [-0.3, -0.25) is 4.79 Å². The molecule has 22 heavy (non-hydrogen) atoms. The number of nitrogen functional groups attached to an aromatic ring is 1. The molecule has 2 heterocycles. The minimum atomic E-state index is -0.269. The monoisotopic (exact) mass is 321 g/mol. The summed E-state index contributed by atoms with van der Waals surface area (Å²) in [6.45, 7) is 3.83. The van der Waals surface area contributed by atoms with Crippen LogP contribution in [0.3, 0.4) is 0 Å². The molecule has 0 bridgehead atoms. The van der Waals surface area contributed by atoms with E-state index in [-0.39, 0.29) is 29.0 Å². The maximum Gasteiger partial charge on any atom is 0.302 e. The molecule has 0 amide bonds. The Morgan fingerprint density at radius 1 is 1.55 bits per heavy atom. The summed E-state index contributed by atoms with van der Waals surface area (Å²) in [5.74, 6) is 0.0171. The van der Waals surface area contributed by atoms with Crippen LogP contribution in [0.2, 0.25) is 5.15 Å². The fourth-order valence-corrected chi connectivity index (χ4v) is 3.12. The van der Waals surface area contributed by atoms with Crippen molar-refractivity contribution in [3.8, 4) is 0 Å². The number of allylic oxidation sites excluding steroid dienone is 1. The first-order chi connectivity index (χ1) is 10.5. The average Bonchev–Trinajstić information content (AvgIpc) is 2.99. The zero-order valence-electron chi connectivity index (χ0n) is 12.3. The number of aromatic nitrogens is 4. The Bertz CT molecular complexity index is 770. The first-order valence-electron chi connectivity index (χ1n) is 6.93. The average molecular weight is 322 g/mol. The summed E-state index contributed by atoms with van der Waals surface area (Å²) >= 11 is 6.19. The molecule has 0 fully saturated rings. The Morgan fingerprint density at radius 3 is 3.05 bits per heavy atom.